The van der Waals surface area contributed by atoms with Crippen LogP contribution in [0.1, 0.15) is 23.8 Å². The van der Waals surface area contributed by atoms with E-state index < -0.39 is 0 Å². The van der Waals surface area contributed by atoms with Crippen LogP contribution in [-0.2, 0) is 4.79 Å². The van der Waals surface area contributed by atoms with Crippen molar-refractivity contribution in [3.8, 4) is 0 Å². The number of aromatic nitrogens is 2. The second-order valence-electron chi connectivity index (χ2n) is 6.22. The number of benzene rings is 1. The maximum atomic E-state index is 12.3. The number of carbonyl (C=O) groups is 1. The number of amides is 1. The van der Waals surface area contributed by atoms with Gasteiger partial charge in [0.2, 0.25) is 5.91 Å². The maximum Gasteiger partial charge on any atom is 0.326 e. The Morgan fingerprint density at radius 1 is 1.16 bits per heavy atom. The van der Waals surface area contributed by atoms with E-state index in [2.05, 4.69) is 4.98 Å². The zero-order valence-corrected chi connectivity index (χ0v) is 14.5. The SMILES string of the molecule is O=C(/C=C/c1cccs1)N1CCC(n2c(=O)[nH]c3ccccc32)CC1. The Labute approximate surface area is 149 Å². The van der Waals surface area contributed by atoms with Crippen LogP contribution in [0.25, 0.3) is 17.1 Å². The van der Waals surface area contributed by atoms with Gasteiger partial charge in [0.1, 0.15) is 0 Å². The molecule has 1 aliphatic heterocycles. The van der Waals surface area contributed by atoms with Crippen LogP contribution in [0.2, 0.25) is 0 Å². The molecule has 6 heteroatoms. The van der Waals surface area contributed by atoms with Gasteiger partial charge in [-0.15, -0.1) is 11.3 Å². The number of likely N-dealkylation sites (tertiary alicyclic amines) is 1. The Hall–Kier alpha value is -2.60. The van der Waals surface area contributed by atoms with Crippen LogP contribution in [0.4, 0.5) is 0 Å². The van der Waals surface area contributed by atoms with Gasteiger partial charge in [-0.1, -0.05) is 18.2 Å². The molecule has 5 nitrogen and oxygen atoms in total. The zero-order chi connectivity index (χ0) is 17.2. The molecule has 0 unspecified atom stereocenters. The fraction of sp³-hybridized carbons (Fsp3) is 0.263. The number of nitrogens with one attached hydrogen (secondary N) is 1. The fourth-order valence-electron chi connectivity index (χ4n) is 3.43. The number of rotatable bonds is 3. The van der Waals surface area contributed by atoms with Crippen molar-refractivity contribution in [2.75, 3.05) is 13.1 Å². The van der Waals surface area contributed by atoms with E-state index in [4.69, 9.17) is 0 Å². The zero-order valence-electron chi connectivity index (χ0n) is 13.7. The number of fused-ring (bicyclic) bond motifs is 1. The Kier molecular flexibility index (Phi) is 4.28. The van der Waals surface area contributed by atoms with Gasteiger partial charge in [0.15, 0.2) is 0 Å². The highest BCUT2D eigenvalue weighted by Crippen LogP contribution is 2.25. The summed E-state index contributed by atoms with van der Waals surface area (Å²) in [7, 11) is 0. The quantitative estimate of drug-likeness (QED) is 0.735. The van der Waals surface area contributed by atoms with Gasteiger partial charge in [0, 0.05) is 30.1 Å². The van der Waals surface area contributed by atoms with Crippen molar-refractivity contribution in [1.29, 1.82) is 0 Å². The number of para-hydroxylation sites is 2. The van der Waals surface area contributed by atoms with Crippen molar-refractivity contribution in [3.05, 3.63) is 63.2 Å². The second kappa shape index (κ2) is 6.72. The Morgan fingerprint density at radius 2 is 1.96 bits per heavy atom. The van der Waals surface area contributed by atoms with Gasteiger partial charge in [-0.2, -0.15) is 0 Å². The lowest BCUT2D eigenvalue weighted by Gasteiger charge is -2.32. The van der Waals surface area contributed by atoms with Crippen LogP contribution < -0.4 is 5.69 Å². The minimum absolute atomic E-state index is 0.0399. The Bertz CT molecular complexity index is 960. The molecule has 0 atom stereocenters. The van der Waals surface area contributed by atoms with Crippen molar-refractivity contribution in [1.82, 2.24) is 14.5 Å². The van der Waals surface area contributed by atoms with Gasteiger partial charge >= 0.3 is 5.69 Å². The summed E-state index contributed by atoms with van der Waals surface area (Å²) in [6, 6.07) is 11.8. The van der Waals surface area contributed by atoms with Crippen LogP contribution in [0.3, 0.4) is 0 Å². The Balaban J connectivity index is 1.45. The first kappa shape index (κ1) is 15.9. The predicted octanol–water partition coefficient (Wildman–Crippen LogP) is 3.27. The molecule has 1 aromatic carbocycles. The van der Waals surface area contributed by atoms with Crippen molar-refractivity contribution in [2.24, 2.45) is 0 Å². The third-order valence-corrected chi connectivity index (χ3v) is 5.54. The smallest absolute Gasteiger partial charge is 0.326 e. The summed E-state index contributed by atoms with van der Waals surface area (Å²) in [5.74, 6) is 0.0399. The number of hydrogen-bond donors (Lipinski definition) is 1. The van der Waals surface area contributed by atoms with E-state index in [0.717, 1.165) is 28.8 Å². The number of imidazole rings is 1. The van der Waals surface area contributed by atoms with Gasteiger partial charge in [-0.25, -0.2) is 4.79 Å². The average molecular weight is 353 g/mol. The number of carbonyl (C=O) groups excluding carboxylic acids is 1. The van der Waals surface area contributed by atoms with Crippen LogP contribution >= 0.6 is 11.3 Å². The summed E-state index contributed by atoms with van der Waals surface area (Å²) < 4.78 is 1.85. The number of H-pyrrole nitrogens is 1. The standard InChI is InChI=1S/C19H19N3O2S/c23-18(8-7-15-4-3-13-25-15)21-11-9-14(10-12-21)22-17-6-2-1-5-16(17)20-19(22)24/h1-8,13-14H,9-12H2,(H,20,24)/b8-7+. The van der Waals surface area contributed by atoms with Gasteiger partial charge in [-0.3, -0.25) is 9.36 Å². The van der Waals surface area contributed by atoms with Crippen LogP contribution in [0.5, 0.6) is 0 Å². The topological polar surface area (TPSA) is 58.1 Å². The van der Waals surface area contributed by atoms with E-state index in [1.807, 2.05) is 57.3 Å². The monoisotopic (exact) mass is 353 g/mol. The summed E-state index contributed by atoms with van der Waals surface area (Å²) in [6.07, 6.45) is 5.09. The number of aromatic amines is 1. The molecular formula is C19H19N3O2S. The second-order valence-corrected chi connectivity index (χ2v) is 7.20. The first-order valence-electron chi connectivity index (χ1n) is 8.42. The molecule has 0 spiro atoms. The van der Waals surface area contributed by atoms with Crippen molar-refractivity contribution in [3.63, 3.8) is 0 Å². The van der Waals surface area contributed by atoms with E-state index in [0.29, 0.717) is 13.1 Å². The van der Waals surface area contributed by atoms with Crippen molar-refractivity contribution < 1.29 is 4.79 Å². The van der Waals surface area contributed by atoms with Crippen LogP contribution in [-0.4, -0.2) is 33.4 Å². The van der Waals surface area contributed by atoms with Gasteiger partial charge in [-0.05, 0) is 42.5 Å². The molecule has 1 saturated heterocycles. The lowest BCUT2D eigenvalue weighted by atomic mass is 10.0. The number of hydrogen-bond acceptors (Lipinski definition) is 3. The van der Waals surface area contributed by atoms with Crippen molar-refractivity contribution >= 4 is 34.4 Å². The molecule has 1 amide bonds. The van der Waals surface area contributed by atoms with Crippen LogP contribution in [0, 0.1) is 0 Å². The molecule has 25 heavy (non-hydrogen) atoms. The van der Waals surface area contributed by atoms with E-state index >= 15 is 0 Å². The normalized spacial score (nSPS) is 16.1. The minimum Gasteiger partial charge on any atom is -0.339 e. The highest BCUT2D eigenvalue weighted by atomic mass is 32.1. The highest BCUT2D eigenvalue weighted by Gasteiger charge is 2.25. The van der Waals surface area contributed by atoms with Gasteiger partial charge < -0.3 is 9.88 Å². The molecule has 0 aliphatic carbocycles. The summed E-state index contributed by atoms with van der Waals surface area (Å²) in [6.45, 7) is 1.34. The van der Waals surface area contributed by atoms with Crippen LogP contribution in [0.15, 0.2) is 52.6 Å². The van der Waals surface area contributed by atoms with E-state index in [1.165, 1.54) is 0 Å². The highest BCUT2D eigenvalue weighted by molar-refractivity contribution is 7.10. The fourth-order valence-corrected chi connectivity index (χ4v) is 4.04. The molecule has 2 aromatic heterocycles. The number of piperidine rings is 1. The average Bonchev–Trinajstić information content (AvgIpc) is 3.26. The summed E-state index contributed by atoms with van der Waals surface area (Å²) in [4.78, 5) is 30.5. The summed E-state index contributed by atoms with van der Waals surface area (Å²) >= 11 is 1.61. The molecule has 1 aliphatic rings. The van der Waals surface area contributed by atoms with Gasteiger partial charge in [0.05, 0.1) is 11.0 Å². The molecule has 128 valence electrons. The molecule has 3 aromatic rings. The van der Waals surface area contributed by atoms with Crippen molar-refractivity contribution in [2.45, 2.75) is 18.9 Å². The predicted molar refractivity (Wildman–Crippen MR) is 101 cm³/mol. The summed E-state index contributed by atoms with van der Waals surface area (Å²) in [5, 5.41) is 1.99. The molecular weight excluding hydrogens is 334 g/mol. The van der Waals surface area contributed by atoms with E-state index in [1.54, 1.807) is 17.4 Å². The third-order valence-electron chi connectivity index (χ3n) is 4.70. The first-order chi connectivity index (χ1) is 12.2. The lowest BCUT2D eigenvalue weighted by Crippen LogP contribution is -2.39. The Morgan fingerprint density at radius 3 is 2.72 bits per heavy atom. The summed E-state index contributed by atoms with van der Waals surface area (Å²) in [5.41, 5.74) is 1.74. The first-order valence-corrected chi connectivity index (χ1v) is 9.30. The maximum absolute atomic E-state index is 12.3. The molecule has 1 N–H and O–H groups in total. The third kappa shape index (κ3) is 3.17. The molecule has 1 fully saturated rings. The largest absolute Gasteiger partial charge is 0.339 e. The molecule has 3 heterocycles. The molecule has 0 radical (unpaired) electrons. The molecule has 0 bridgehead atoms. The number of nitrogens with zero attached hydrogens (tertiary/aromatic N) is 2. The minimum atomic E-state index is -0.0661. The van der Waals surface area contributed by atoms with Gasteiger partial charge in [0.25, 0.3) is 0 Å². The van der Waals surface area contributed by atoms with E-state index in [9.17, 15) is 9.59 Å². The number of thiophene rings is 1. The lowest BCUT2D eigenvalue weighted by molar-refractivity contribution is -0.127. The molecule has 4 rings (SSSR count). The molecule has 0 saturated carbocycles. The van der Waals surface area contributed by atoms with E-state index in [-0.39, 0.29) is 17.6 Å².